The van der Waals surface area contributed by atoms with Crippen molar-refractivity contribution in [2.24, 2.45) is 0 Å². The lowest BCUT2D eigenvalue weighted by Crippen LogP contribution is -2.40. The van der Waals surface area contributed by atoms with Crippen LogP contribution in [0.1, 0.15) is 113 Å². The molecule has 0 saturated carbocycles. The number of cyclic esters (lactones) is 2. The number of carbonyl (C=O) groups excluding carboxylic acids is 4. The number of rotatable bonds is 18. The average molecular weight is 1380 g/mol. The molecular weight excluding hydrogens is 1310 g/mol. The number of ether oxygens (including phenoxy) is 3. The van der Waals surface area contributed by atoms with E-state index in [2.05, 4.69) is 10.3 Å². The van der Waals surface area contributed by atoms with Crippen LogP contribution in [0.2, 0.25) is 0 Å². The molecule has 10 aromatic rings. The molecule has 2 fully saturated rings. The molecule has 0 bridgehead atoms. The molecular formula is C73H71ClF6N4O10S2. The van der Waals surface area contributed by atoms with Gasteiger partial charge in [0, 0.05) is 56.3 Å². The summed E-state index contributed by atoms with van der Waals surface area (Å²) in [5.41, 5.74) is 6.98. The Kier molecular flexibility index (Phi) is 25.6. The molecule has 1 N–H and O–H groups in total. The number of hydrogen-bond acceptors (Lipinski definition) is 14. The van der Waals surface area contributed by atoms with Gasteiger partial charge in [-0.3, -0.25) is 9.59 Å². The van der Waals surface area contributed by atoms with E-state index in [0.29, 0.717) is 41.4 Å². The monoisotopic (exact) mass is 1380 g/mol. The molecule has 0 aliphatic carbocycles. The first-order valence-corrected chi connectivity index (χ1v) is 31.3. The Morgan fingerprint density at radius 1 is 0.573 bits per heavy atom. The van der Waals surface area contributed by atoms with Crippen molar-refractivity contribution >= 4 is 58.3 Å². The SMILES string of the molecule is C.C.C.Cc1cc(-c2ccc(C(F)(F)F)cc2)sc1CCl.Cc1cc(-c2ccc(C(F)(F)F)cc2)sc1COc1ccc([C@H](CC(=O)N2C(=O)OC[C@@H]2Cc2ccccc2)c2ccon2)cc1.O=C(C[C@@H](c1ccc(O)cc1)c1ccon1)N1C(=O)OC[C@@H]1Cc1ccccc1. The minimum atomic E-state index is -4.38. The van der Waals surface area contributed by atoms with Crippen LogP contribution in [-0.4, -0.2) is 74.5 Å². The first-order chi connectivity index (χ1) is 44.7. The zero-order chi connectivity index (χ0) is 65.8. The quantitative estimate of drug-likeness (QED) is 0.0637. The summed E-state index contributed by atoms with van der Waals surface area (Å²) in [6, 6.07) is 50.0. The third-order valence-electron chi connectivity index (χ3n) is 15.6. The zero-order valence-corrected chi connectivity index (χ0v) is 52.2. The van der Waals surface area contributed by atoms with E-state index >= 15 is 0 Å². The number of carbonyl (C=O) groups is 4. The van der Waals surface area contributed by atoms with Gasteiger partial charge in [0.2, 0.25) is 11.8 Å². The van der Waals surface area contributed by atoms with Crippen LogP contribution in [0.15, 0.2) is 204 Å². The molecule has 4 atom stereocenters. The van der Waals surface area contributed by atoms with E-state index in [1.165, 1.54) is 69.3 Å². The van der Waals surface area contributed by atoms with E-state index in [0.717, 1.165) is 82.7 Å². The maximum absolute atomic E-state index is 13.6. The molecule has 96 heavy (non-hydrogen) atoms. The van der Waals surface area contributed by atoms with Crippen molar-refractivity contribution in [2.75, 3.05) is 13.2 Å². The molecule has 2 aliphatic heterocycles. The van der Waals surface area contributed by atoms with Gasteiger partial charge < -0.3 is 28.4 Å². The fourth-order valence-electron chi connectivity index (χ4n) is 10.6. The van der Waals surface area contributed by atoms with Gasteiger partial charge in [0.15, 0.2) is 0 Å². The predicted octanol–water partition coefficient (Wildman–Crippen LogP) is 19.3. The van der Waals surface area contributed by atoms with Gasteiger partial charge in [-0.2, -0.15) is 26.3 Å². The number of aryl methyl sites for hydroxylation is 2. The van der Waals surface area contributed by atoms with Crippen molar-refractivity contribution in [2.45, 2.75) is 111 Å². The number of halogens is 7. The summed E-state index contributed by atoms with van der Waals surface area (Å²) in [5.74, 6) is -0.432. The maximum Gasteiger partial charge on any atom is 0.416 e. The highest BCUT2D eigenvalue weighted by Crippen LogP contribution is 2.39. The van der Waals surface area contributed by atoms with Crippen LogP contribution in [0.5, 0.6) is 11.5 Å². The number of nitrogens with zero attached hydrogens (tertiary/aromatic N) is 4. The van der Waals surface area contributed by atoms with Crippen LogP contribution in [-0.2, 0) is 56.7 Å². The number of hydrogen-bond donors (Lipinski definition) is 1. The molecule has 4 amide bonds. The number of aromatic nitrogens is 2. The third kappa shape index (κ3) is 18.7. The minimum Gasteiger partial charge on any atom is -0.508 e. The molecule has 12 rings (SSSR count). The van der Waals surface area contributed by atoms with Gasteiger partial charge in [-0.15, -0.1) is 34.3 Å². The number of thiophene rings is 2. The van der Waals surface area contributed by atoms with Crippen molar-refractivity contribution in [3.05, 3.63) is 260 Å². The number of aromatic hydroxyl groups is 1. The molecule has 2 saturated heterocycles. The largest absolute Gasteiger partial charge is 0.508 e. The standard InChI is InChI=1S/C35H29F3N2O5S.C22H20N2O5.C13H10ClF3S.3CH4/c1-22-17-31(25-7-11-26(12-8-25)35(36,37)38)46-32(22)21-43-28-13-9-24(10-14-28)29(30-15-16-45-39-30)19-33(41)40-27(20-44-34(40)42)18-23-5-3-2-4-6-23;25-18-8-6-16(7-9-18)19(20-10-11-29-23-20)13-21(26)24-17(14-28-22(24)27)12-15-4-2-1-3-5-15;1-8-6-11(18-12(8)7-14)9-2-4-10(5-3-9)13(15,16)17;;;/h2-17,27,29H,18-21H2,1H3;1-11,17,19,25H,12-14H2;2-6H,7H2,1H3;3*1H4/t27-,29-;17-,19-;;;;/m00..../s1. The number of alkyl halides is 7. The van der Waals surface area contributed by atoms with Crippen LogP contribution in [0.4, 0.5) is 35.9 Å². The summed E-state index contributed by atoms with van der Waals surface area (Å²) < 4.78 is 103. The summed E-state index contributed by atoms with van der Waals surface area (Å²) in [6.07, 6.45) is -6.03. The lowest BCUT2D eigenvalue weighted by Gasteiger charge is -2.22. The Morgan fingerprint density at radius 3 is 1.34 bits per heavy atom. The predicted molar refractivity (Wildman–Crippen MR) is 358 cm³/mol. The molecule has 0 spiro atoms. The molecule has 6 heterocycles. The lowest BCUT2D eigenvalue weighted by atomic mass is 9.91. The summed E-state index contributed by atoms with van der Waals surface area (Å²) >= 11 is 8.76. The Balaban J connectivity index is 0.000000222. The number of phenols is 1. The molecule has 2 aliphatic rings. The smallest absolute Gasteiger partial charge is 0.416 e. The summed E-state index contributed by atoms with van der Waals surface area (Å²) in [7, 11) is 0. The van der Waals surface area contributed by atoms with Gasteiger partial charge in [0.25, 0.3) is 0 Å². The molecule has 23 heteroatoms. The summed E-state index contributed by atoms with van der Waals surface area (Å²) in [4.78, 5) is 57.8. The van der Waals surface area contributed by atoms with Gasteiger partial charge in [-0.25, -0.2) is 19.4 Å². The van der Waals surface area contributed by atoms with Crippen molar-refractivity contribution < 1.29 is 73.9 Å². The Morgan fingerprint density at radius 2 is 0.969 bits per heavy atom. The third-order valence-corrected chi connectivity index (χ3v) is 18.6. The zero-order valence-electron chi connectivity index (χ0n) is 49.8. The average Bonchev–Trinajstić information content (AvgIpc) is 1.61. The van der Waals surface area contributed by atoms with Crippen LogP contribution in [0.25, 0.3) is 20.9 Å². The second-order valence-electron chi connectivity index (χ2n) is 21.9. The number of amides is 4. The van der Waals surface area contributed by atoms with Gasteiger partial charge in [-0.05, 0) is 132 Å². The molecule has 0 radical (unpaired) electrons. The first-order valence-electron chi connectivity index (χ1n) is 29.2. The van der Waals surface area contributed by atoms with E-state index in [-0.39, 0.29) is 78.5 Å². The number of phenolic OH excluding ortho intramolecular Hbond substituents is 1. The lowest BCUT2D eigenvalue weighted by molar-refractivity contribution is -0.138. The highest BCUT2D eigenvalue weighted by atomic mass is 35.5. The van der Waals surface area contributed by atoms with Gasteiger partial charge >= 0.3 is 24.5 Å². The van der Waals surface area contributed by atoms with Crippen molar-refractivity contribution in [1.82, 2.24) is 20.1 Å². The van der Waals surface area contributed by atoms with Crippen molar-refractivity contribution in [1.29, 1.82) is 0 Å². The van der Waals surface area contributed by atoms with Gasteiger partial charge in [0.1, 0.15) is 43.8 Å². The number of imide groups is 2. The molecule has 0 unspecified atom stereocenters. The first kappa shape index (κ1) is 73.9. The Bertz CT molecular complexity index is 4100. The highest BCUT2D eigenvalue weighted by Gasteiger charge is 2.41. The fourth-order valence-corrected chi connectivity index (χ4v) is 13.1. The molecule has 4 aromatic heterocycles. The topological polar surface area (TPSA) is 175 Å². The second-order valence-corrected chi connectivity index (χ2v) is 24.4. The normalized spacial score (nSPS) is 14.8. The second kappa shape index (κ2) is 33.2. The van der Waals surface area contributed by atoms with E-state index in [9.17, 15) is 50.6 Å². The van der Waals surface area contributed by atoms with Crippen LogP contribution in [0, 0.1) is 13.8 Å². The highest BCUT2D eigenvalue weighted by molar-refractivity contribution is 7.16. The van der Waals surface area contributed by atoms with Gasteiger partial charge in [0.05, 0.1) is 40.5 Å². The molecule has 6 aromatic carbocycles. The van der Waals surface area contributed by atoms with Crippen LogP contribution >= 0.6 is 34.3 Å². The maximum atomic E-state index is 13.6. The number of benzene rings is 6. The summed E-state index contributed by atoms with van der Waals surface area (Å²) in [6.45, 7) is 4.47. The van der Waals surface area contributed by atoms with Crippen molar-refractivity contribution in [3.8, 4) is 32.4 Å². The minimum absolute atomic E-state index is 0. The van der Waals surface area contributed by atoms with E-state index < -0.39 is 53.5 Å². The summed E-state index contributed by atoms with van der Waals surface area (Å²) in [5, 5.41) is 17.6. The van der Waals surface area contributed by atoms with Crippen LogP contribution < -0.4 is 4.74 Å². The van der Waals surface area contributed by atoms with Crippen LogP contribution in [0.3, 0.4) is 0 Å². The molecule has 14 nitrogen and oxygen atoms in total. The Hall–Kier alpha value is -9.51. The van der Waals surface area contributed by atoms with E-state index in [1.54, 1.807) is 48.5 Å². The Labute approximate surface area is 565 Å². The molecule has 504 valence electrons. The van der Waals surface area contributed by atoms with E-state index in [4.69, 9.17) is 34.9 Å². The van der Waals surface area contributed by atoms with Gasteiger partial charge in [-0.1, -0.05) is 142 Å². The van der Waals surface area contributed by atoms with E-state index in [1.807, 2.05) is 98.8 Å². The van der Waals surface area contributed by atoms with Crippen molar-refractivity contribution in [3.63, 3.8) is 0 Å². The fraction of sp³-hybridized carbons (Fsp3) is 0.260.